The number of fused-ring (bicyclic) bond motifs is 1. The van der Waals surface area contributed by atoms with Crippen molar-refractivity contribution < 1.29 is 9.47 Å². The molecule has 0 spiro atoms. The Labute approximate surface area is 176 Å². The van der Waals surface area contributed by atoms with Gasteiger partial charge in [0.15, 0.2) is 5.65 Å². The predicted molar refractivity (Wildman–Crippen MR) is 116 cm³/mol. The minimum Gasteiger partial charge on any atom is -0.496 e. The standard InChI is InChI=1S/C23H30N4O3/c1-15(2)23(24-14-17-6-4-5-7-20(17)29-3)19-13-22(28)27-21(25-19)12-18(26-27)16-8-10-30-11-9-16/h4-7,12-13,15-16,23-24,26H,8-11,14H2,1-3H3/t23-/m1/s1. The zero-order valence-corrected chi connectivity index (χ0v) is 17.9. The van der Waals surface area contributed by atoms with Gasteiger partial charge in [-0.1, -0.05) is 32.0 Å². The minimum absolute atomic E-state index is 0.0472. The highest BCUT2D eigenvalue weighted by Gasteiger charge is 2.22. The van der Waals surface area contributed by atoms with Crippen LogP contribution in [0, 0.1) is 5.92 Å². The van der Waals surface area contributed by atoms with Crippen LogP contribution in [0.4, 0.5) is 0 Å². The monoisotopic (exact) mass is 410 g/mol. The zero-order chi connectivity index (χ0) is 21.1. The summed E-state index contributed by atoms with van der Waals surface area (Å²) in [6, 6.07) is 11.6. The summed E-state index contributed by atoms with van der Waals surface area (Å²) in [7, 11) is 1.68. The van der Waals surface area contributed by atoms with Crippen LogP contribution in [0.25, 0.3) is 5.65 Å². The maximum Gasteiger partial charge on any atom is 0.272 e. The fourth-order valence-corrected chi connectivity index (χ4v) is 4.16. The molecule has 0 radical (unpaired) electrons. The van der Waals surface area contributed by atoms with E-state index in [1.54, 1.807) is 17.7 Å². The lowest BCUT2D eigenvalue weighted by atomic mass is 9.97. The van der Waals surface area contributed by atoms with Gasteiger partial charge < -0.3 is 14.8 Å². The third-order valence-corrected chi connectivity index (χ3v) is 5.84. The summed E-state index contributed by atoms with van der Waals surface area (Å²) in [5, 5.41) is 6.82. The second-order valence-electron chi connectivity index (χ2n) is 8.23. The molecule has 3 aromatic rings. The maximum absolute atomic E-state index is 12.8. The van der Waals surface area contributed by atoms with Crippen molar-refractivity contribution in [3.05, 3.63) is 63.7 Å². The molecule has 7 heteroatoms. The van der Waals surface area contributed by atoms with Crippen molar-refractivity contribution in [1.82, 2.24) is 19.9 Å². The van der Waals surface area contributed by atoms with Gasteiger partial charge in [0.2, 0.25) is 0 Å². The number of hydrogen-bond acceptors (Lipinski definition) is 5. The Bertz CT molecular complexity index is 1050. The van der Waals surface area contributed by atoms with Gasteiger partial charge in [-0.3, -0.25) is 9.89 Å². The Morgan fingerprint density at radius 1 is 1.27 bits per heavy atom. The molecule has 1 saturated heterocycles. The Morgan fingerprint density at radius 3 is 2.77 bits per heavy atom. The molecule has 0 aliphatic carbocycles. The molecule has 0 saturated carbocycles. The Kier molecular flexibility index (Phi) is 6.20. The normalized spacial score (nSPS) is 16.3. The second kappa shape index (κ2) is 9.02. The Balaban J connectivity index is 1.61. The van der Waals surface area contributed by atoms with E-state index in [-0.39, 0.29) is 17.5 Å². The van der Waals surface area contributed by atoms with E-state index in [9.17, 15) is 4.79 Å². The molecule has 0 bridgehead atoms. The summed E-state index contributed by atoms with van der Waals surface area (Å²) in [5.74, 6) is 1.50. The molecule has 2 N–H and O–H groups in total. The fraction of sp³-hybridized carbons (Fsp3) is 0.478. The van der Waals surface area contributed by atoms with Gasteiger partial charge in [-0.2, -0.15) is 0 Å². The Morgan fingerprint density at radius 2 is 2.03 bits per heavy atom. The molecule has 7 nitrogen and oxygen atoms in total. The van der Waals surface area contributed by atoms with E-state index >= 15 is 0 Å². The molecule has 3 heterocycles. The molecular formula is C23H30N4O3. The van der Waals surface area contributed by atoms with Gasteiger partial charge in [-0.15, -0.1) is 0 Å². The van der Waals surface area contributed by atoms with Gasteiger partial charge in [0.05, 0.1) is 18.8 Å². The number of para-hydroxylation sites is 1. The number of ether oxygens (including phenoxy) is 2. The van der Waals surface area contributed by atoms with Gasteiger partial charge in [-0.25, -0.2) is 9.50 Å². The van der Waals surface area contributed by atoms with Crippen LogP contribution in [0.2, 0.25) is 0 Å². The van der Waals surface area contributed by atoms with Crippen molar-refractivity contribution in [2.24, 2.45) is 5.92 Å². The minimum atomic E-state index is -0.0851. The van der Waals surface area contributed by atoms with E-state index in [0.717, 1.165) is 48.8 Å². The first-order chi connectivity index (χ1) is 14.6. The van der Waals surface area contributed by atoms with Crippen molar-refractivity contribution in [2.45, 2.75) is 45.2 Å². The number of H-pyrrole nitrogens is 1. The number of nitrogens with one attached hydrogen (secondary N) is 2. The third kappa shape index (κ3) is 4.27. The molecule has 1 atom stereocenters. The maximum atomic E-state index is 12.8. The first-order valence-corrected chi connectivity index (χ1v) is 10.6. The van der Waals surface area contributed by atoms with Crippen molar-refractivity contribution in [3.8, 4) is 5.75 Å². The van der Waals surface area contributed by atoms with Crippen LogP contribution in [0.5, 0.6) is 5.75 Å². The third-order valence-electron chi connectivity index (χ3n) is 5.84. The van der Waals surface area contributed by atoms with Gasteiger partial charge in [0.25, 0.3) is 5.56 Å². The number of hydrogen-bond donors (Lipinski definition) is 2. The molecule has 1 aromatic carbocycles. The highest BCUT2D eigenvalue weighted by atomic mass is 16.5. The van der Waals surface area contributed by atoms with Crippen LogP contribution in [0.15, 0.2) is 41.2 Å². The molecule has 0 unspecified atom stereocenters. The first-order valence-electron chi connectivity index (χ1n) is 10.6. The smallest absolute Gasteiger partial charge is 0.272 e. The number of aromatic nitrogens is 3. The SMILES string of the molecule is COc1ccccc1CN[C@@H](c1cc(=O)n2[nH]c(C3CCOCC3)cc2n1)C(C)C. The van der Waals surface area contributed by atoms with Crippen LogP contribution in [-0.4, -0.2) is 34.9 Å². The average Bonchev–Trinajstić information content (AvgIpc) is 3.19. The molecule has 2 aromatic heterocycles. The highest BCUT2D eigenvalue weighted by molar-refractivity contribution is 5.41. The van der Waals surface area contributed by atoms with E-state index in [1.807, 2.05) is 30.3 Å². The van der Waals surface area contributed by atoms with Crippen LogP contribution in [-0.2, 0) is 11.3 Å². The number of aromatic amines is 1. The van der Waals surface area contributed by atoms with Crippen molar-refractivity contribution in [3.63, 3.8) is 0 Å². The molecule has 0 amide bonds. The number of rotatable bonds is 7. The van der Waals surface area contributed by atoms with Crippen LogP contribution in [0.3, 0.4) is 0 Å². The molecule has 1 fully saturated rings. The summed E-state index contributed by atoms with van der Waals surface area (Å²) in [4.78, 5) is 17.7. The zero-order valence-electron chi connectivity index (χ0n) is 17.9. The summed E-state index contributed by atoms with van der Waals surface area (Å²) in [6.07, 6.45) is 1.92. The number of nitrogens with zero attached hydrogens (tertiary/aromatic N) is 2. The molecular weight excluding hydrogens is 380 g/mol. The van der Waals surface area contributed by atoms with Crippen LogP contribution < -0.4 is 15.6 Å². The lowest BCUT2D eigenvalue weighted by Gasteiger charge is -2.22. The summed E-state index contributed by atoms with van der Waals surface area (Å²) in [5.41, 5.74) is 3.49. The summed E-state index contributed by atoms with van der Waals surface area (Å²) in [6.45, 7) is 6.42. The molecule has 30 heavy (non-hydrogen) atoms. The number of methoxy groups -OCH3 is 1. The summed E-state index contributed by atoms with van der Waals surface area (Å²) >= 11 is 0. The van der Waals surface area contributed by atoms with Gasteiger partial charge in [0.1, 0.15) is 5.75 Å². The lowest BCUT2D eigenvalue weighted by Crippen LogP contribution is -2.28. The van der Waals surface area contributed by atoms with E-state index in [0.29, 0.717) is 18.1 Å². The molecule has 1 aliphatic rings. The lowest BCUT2D eigenvalue weighted by molar-refractivity contribution is 0.0844. The van der Waals surface area contributed by atoms with Crippen LogP contribution >= 0.6 is 0 Å². The average molecular weight is 411 g/mol. The number of benzene rings is 1. The van der Waals surface area contributed by atoms with Gasteiger partial charge >= 0.3 is 0 Å². The Hall–Kier alpha value is -2.64. The fourth-order valence-electron chi connectivity index (χ4n) is 4.16. The van der Waals surface area contributed by atoms with Crippen molar-refractivity contribution in [1.29, 1.82) is 0 Å². The van der Waals surface area contributed by atoms with Crippen molar-refractivity contribution in [2.75, 3.05) is 20.3 Å². The molecule has 4 rings (SSSR count). The summed E-state index contributed by atoms with van der Waals surface area (Å²) < 4.78 is 12.5. The first kappa shape index (κ1) is 20.6. The second-order valence-corrected chi connectivity index (χ2v) is 8.23. The van der Waals surface area contributed by atoms with E-state index < -0.39 is 0 Å². The largest absolute Gasteiger partial charge is 0.496 e. The molecule has 160 valence electrons. The van der Waals surface area contributed by atoms with Gasteiger partial charge in [-0.05, 0) is 24.8 Å². The van der Waals surface area contributed by atoms with Crippen LogP contribution in [0.1, 0.15) is 55.6 Å². The van der Waals surface area contributed by atoms with E-state index in [2.05, 4.69) is 24.3 Å². The van der Waals surface area contributed by atoms with E-state index in [4.69, 9.17) is 14.5 Å². The molecule has 1 aliphatic heterocycles. The predicted octanol–water partition coefficient (Wildman–Crippen LogP) is 3.41. The topological polar surface area (TPSA) is 80.6 Å². The highest BCUT2D eigenvalue weighted by Crippen LogP contribution is 2.27. The van der Waals surface area contributed by atoms with Crippen molar-refractivity contribution >= 4 is 5.65 Å². The van der Waals surface area contributed by atoms with Gasteiger partial charge in [0, 0.05) is 49.1 Å². The van der Waals surface area contributed by atoms with E-state index in [1.165, 1.54) is 0 Å². The quantitative estimate of drug-likeness (QED) is 0.624.